The largest absolute Gasteiger partial charge is 0.334 e. The lowest BCUT2D eigenvalue weighted by atomic mass is 10.3. The molecule has 7 heteroatoms. The van der Waals surface area contributed by atoms with E-state index in [4.69, 9.17) is 4.52 Å². The van der Waals surface area contributed by atoms with Gasteiger partial charge >= 0.3 is 0 Å². The fourth-order valence-electron chi connectivity index (χ4n) is 2.20. The molecule has 0 bridgehead atoms. The first kappa shape index (κ1) is 13.5. The van der Waals surface area contributed by atoms with E-state index in [1.807, 2.05) is 42.1 Å². The average molecular weight is 328 g/mol. The van der Waals surface area contributed by atoms with Crippen molar-refractivity contribution in [3.63, 3.8) is 0 Å². The van der Waals surface area contributed by atoms with E-state index in [1.165, 1.54) is 0 Å². The van der Waals surface area contributed by atoms with Gasteiger partial charge in [-0.15, -0.1) is 0 Å². The van der Waals surface area contributed by atoms with Crippen LogP contribution in [-0.4, -0.2) is 19.7 Å². The van der Waals surface area contributed by atoms with Crippen LogP contribution in [0.15, 0.2) is 50.8 Å². The van der Waals surface area contributed by atoms with Gasteiger partial charge in [0.15, 0.2) is 11.0 Å². The van der Waals surface area contributed by atoms with Gasteiger partial charge in [0.1, 0.15) is 0 Å². The molecule has 0 unspecified atom stereocenters. The van der Waals surface area contributed by atoms with Gasteiger partial charge in [-0.2, -0.15) is 16.3 Å². The monoisotopic (exact) mass is 328 g/mol. The summed E-state index contributed by atoms with van der Waals surface area (Å²) in [5.41, 5.74) is 3.09. The Morgan fingerprint density at radius 2 is 2.14 bits per heavy atom. The molecule has 0 saturated heterocycles. The molecule has 110 valence electrons. The highest BCUT2D eigenvalue weighted by Crippen LogP contribution is 2.26. The smallest absolute Gasteiger partial charge is 0.258 e. The van der Waals surface area contributed by atoms with Crippen molar-refractivity contribution >= 4 is 34.1 Å². The van der Waals surface area contributed by atoms with E-state index < -0.39 is 0 Å². The van der Waals surface area contributed by atoms with Crippen molar-refractivity contribution in [2.45, 2.75) is 10.9 Å². The summed E-state index contributed by atoms with van der Waals surface area (Å²) in [5.74, 6) is 1.88. The molecule has 0 aliphatic heterocycles. The summed E-state index contributed by atoms with van der Waals surface area (Å²) in [4.78, 5) is 9.05. The van der Waals surface area contributed by atoms with Crippen molar-refractivity contribution in [3.8, 4) is 11.5 Å². The molecule has 0 saturated carbocycles. The topological polar surface area (TPSA) is 56.7 Å². The Kier molecular flexibility index (Phi) is 3.44. The Morgan fingerprint density at radius 1 is 1.23 bits per heavy atom. The van der Waals surface area contributed by atoms with Gasteiger partial charge in [0.25, 0.3) is 5.89 Å². The van der Waals surface area contributed by atoms with Crippen LogP contribution in [0.2, 0.25) is 0 Å². The van der Waals surface area contributed by atoms with Gasteiger partial charge in [0.05, 0.1) is 22.3 Å². The minimum atomic E-state index is 0.571. The number of thioether (sulfide) groups is 1. The predicted octanol–water partition coefficient (Wildman–Crippen LogP) is 3.98. The van der Waals surface area contributed by atoms with Gasteiger partial charge in [-0.3, -0.25) is 0 Å². The highest BCUT2D eigenvalue weighted by Gasteiger charge is 2.12. The molecule has 0 radical (unpaired) electrons. The zero-order valence-electron chi connectivity index (χ0n) is 11.8. The Hall–Kier alpha value is -2.12. The number of para-hydroxylation sites is 2. The van der Waals surface area contributed by atoms with Crippen LogP contribution in [-0.2, 0) is 12.8 Å². The maximum Gasteiger partial charge on any atom is 0.258 e. The van der Waals surface area contributed by atoms with Crippen LogP contribution in [0, 0.1) is 0 Å². The van der Waals surface area contributed by atoms with Gasteiger partial charge in [-0.25, -0.2) is 4.98 Å². The van der Waals surface area contributed by atoms with Crippen LogP contribution in [0.25, 0.3) is 22.5 Å². The predicted molar refractivity (Wildman–Crippen MR) is 87.9 cm³/mol. The fourth-order valence-corrected chi connectivity index (χ4v) is 3.66. The number of fused-ring (bicyclic) bond motifs is 1. The van der Waals surface area contributed by atoms with E-state index in [9.17, 15) is 0 Å². The molecule has 0 fully saturated rings. The van der Waals surface area contributed by atoms with Gasteiger partial charge in [0.2, 0.25) is 0 Å². The molecule has 1 aromatic carbocycles. The molecule has 0 spiro atoms. The molecule has 22 heavy (non-hydrogen) atoms. The molecule has 4 aromatic rings. The van der Waals surface area contributed by atoms with Crippen LogP contribution >= 0.6 is 23.1 Å². The molecule has 0 aliphatic carbocycles. The molecular formula is C15H12N4OS2. The molecule has 0 N–H and O–H groups in total. The number of nitrogens with zero attached hydrogens (tertiary/aromatic N) is 4. The van der Waals surface area contributed by atoms with Crippen molar-refractivity contribution in [2.75, 3.05) is 0 Å². The van der Waals surface area contributed by atoms with E-state index in [2.05, 4.69) is 25.8 Å². The highest BCUT2D eigenvalue weighted by molar-refractivity contribution is 7.98. The molecule has 4 rings (SSSR count). The average Bonchev–Trinajstić information content (AvgIpc) is 3.26. The van der Waals surface area contributed by atoms with E-state index in [0.717, 1.165) is 21.8 Å². The summed E-state index contributed by atoms with van der Waals surface area (Å²) in [6.07, 6.45) is 0. The standard InChI is InChI=1S/C15H12N4OS2/c1-19-12-5-3-2-4-11(12)16-15(19)22-9-13-17-14(20-18-13)10-6-7-21-8-10/h2-8H,9H2,1H3. The summed E-state index contributed by atoms with van der Waals surface area (Å²) < 4.78 is 7.37. The number of thiophene rings is 1. The second-order valence-electron chi connectivity index (χ2n) is 4.76. The lowest BCUT2D eigenvalue weighted by molar-refractivity contribution is 0.425. The Balaban J connectivity index is 1.53. The van der Waals surface area contributed by atoms with Gasteiger partial charge in [-0.05, 0) is 23.6 Å². The van der Waals surface area contributed by atoms with E-state index >= 15 is 0 Å². The van der Waals surface area contributed by atoms with Crippen LogP contribution in [0.1, 0.15) is 5.82 Å². The van der Waals surface area contributed by atoms with E-state index in [1.54, 1.807) is 23.1 Å². The summed E-state index contributed by atoms with van der Waals surface area (Å²) in [7, 11) is 2.02. The van der Waals surface area contributed by atoms with Crippen LogP contribution in [0.3, 0.4) is 0 Å². The van der Waals surface area contributed by atoms with Crippen LogP contribution in [0.4, 0.5) is 0 Å². The van der Waals surface area contributed by atoms with Crippen molar-refractivity contribution in [2.24, 2.45) is 7.05 Å². The minimum Gasteiger partial charge on any atom is -0.334 e. The van der Waals surface area contributed by atoms with Gasteiger partial charge in [0, 0.05) is 12.4 Å². The quantitative estimate of drug-likeness (QED) is 0.530. The van der Waals surface area contributed by atoms with Crippen molar-refractivity contribution in [1.29, 1.82) is 0 Å². The maximum atomic E-state index is 5.29. The first-order valence-electron chi connectivity index (χ1n) is 6.70. The number of aryl methyl sites for hydroxylation is 1. The highest BCUT2D eigenvalue weighted by atomic mass is 32.2. The Morgan fingerprint density at radius 3 is 2.95 bits per heavy atom. The first-order valence-corrected chi connectivity index (χ1v) is 8.63. The number of hydrogen-bond acceptors (Lipinski definition) is 6. The van der Waals surface area contributed by atoms with Crippen molar-refractivity contribution < 1.29 is 4.52 Å². The molecule has 3 heterocycles. The second kappa shape index (κ2) is 5.58. The zero-order valence-corrected chi connectivity index (χ0v) is 13.4. The summed E-state index contributed by atoms with van der Waals surface area (Å²) in [6, 6.07) is 10.1. The second-order valence-corrected chi connectivity index (χ2v) is 6.48. The van der Waals surface area contributed by atoms with Gasteiger partial charge < -0.3 is 9.09 Å². The van der Waals surface area contributed by atoms with E-state index in [0.29, 0.717) is 17.5 Å². The SMILES string of the molecule is Cn1c(SCc2noc(-c3ccsc3)n2)nc2ccccc21. The Labute approximate surface area is 135 Å². The fraction of sp³-hybridized carbons (Fsp3) is 0.133. The number of aromatic nitrogens is 4. The lowest BCUT2D eigenvalue weighted by Crippen LogP contribution is -1.92. The number of hydrogen-bond donors (Lipinski definition) is 0. The molecular weight excluding hydrogens is 316 g/mol. The zero-order chi connectivity index (χ0) is 14.9. The minimum absolute atomic E-state index is 0.571. The van der Waals surface area contributed by atoms with Crippen LogP contribution in [0.5, 0.6) is 0 Å². The van der Waals surface area contributed by atoms with E-state index in [-0.39, 0.29) is 0 Å². The number of imidazole rings is 1. The van der Waals surface area contributed by atoms with Crippen molar-refractivity contribution in [1.82, 2.24) is 19.7 Å². The number of benzene rings is 1. The molecule has 3 aromatic heterocycles. The Bertz CT molecular complexity index is 911. The third kappa shape index (κ3) is 2.42. The maximum absolute atomic E-state index is 5.29. The van der Waals surface area contributed by atoms with Crippen molar-refractivity contribution in [3.05, 3.63) is 46.9 Å². The normalized spacial score (nSPS) is 11.3. The van der Waals surface area contributed by atoms with Crippen LogP contribution < -0.4 is 0 Å². The molecule has 0 amide bonds. The molecule has 0 atom stereocenters. The molecule has 5 nitrogen and oxygen atoms in total. The number of rotatable bonds is 4. The summed E-state index contributed by atoms with van der Waals surface area (Å²) in [5, 5.41) is 8.97. The third-order valence-corrected chi connectivity index (χ3v) is 5.02. The summed E-state index contributed by atoms with van der Waals surface area (Å²) >= 11 is 3.22. The third-order valence-electron chi connectivity index (χ3n) is 3.31. The summed E-state index contributed by atoms with van der Waals surface area (Å²) in [6.45, 7) is 0. The molecule has 0 aliphatic rings. The lowest BCUT2D eigenvalue weighted by Gasteiger charge is -1.99. The first-order chi connectivity index (χ1) is 10.8. The van der Waals surface area contributed by atoms with Gasteiger partial charge in [-0.1, -0.05) is 29.1 Å².